The molecule has 0 spiro atoms. The van der Waals surface area contributed by atoms with E-state index in [1.165, 1.54) is 5.56 Å². The maximum atomic E-state index is 13.0. The highest BCUT2D eigenvalue weighted by Gasteiger charge is 2.37. The molecule has 0 N–H and O–H groups in total. The van der Waals surface area contributed by atoms with Gasteiger partial charge in [0.2, 0.25) is 10.0 Å². The van der Waals surface area contributed by atoms with Gasteiger partial charge in [-0.25, -0.2) is 8.42 Å². The van der Waals surface area contributed by atoms with Gasteiger partial charge in [-0.1, -0.05) is 41.4 Å². The fraction of sp³-hybridized carbons (Fsp3) is 0.400. The highest BCUT2D eigenvalue weighted by Crippen LogP contribution is 2.33. The van der Waals surface area contributed by atoms with Gasteiger partial charge in [0, 0.05) is 19.0 Å². The van der Waals surface area contributed by atoms with E-state index in [1.807, 2.05) is 18.2 Å². The van der Waals surface area contributed by atoms with Gasteiger partial charge in [-0.3, -0.25) is 0 Å². The van der Waals surface area contributed by atoms with Crippen molar-refractivity contribution in [3.8, 4) is 5.75 Å². The van der Waals surface area contributed by atoms with E-state index in [0.29, 0.717) is 29.6 Å². The van der Waals surface area contributed by atoms with Gasteiger partial charge < -0.3 is 4.74 Å². The van der Waals surface area contributed by atoms with Crippen molar-refractivity contribution in [2.24, 2.45) is 0 Å². The normalized spacial score (nSPS) is 16.4. The topological polar surface area (TPSA) is 46.6 Å². The molecule has 2 aromatic carbocycles. The van der Waals surface area contributed by atoms with Crippen molar-refractivity contribution in [1.82, 2.24) is 4.31 Å². The fourth-order valence-electron chi connectivity index (χ4n) is 3.39. The van der Waals surface area contributed by atoms with E-state index in [1.54, 1.807) is 16.4 Å². The molecule has 0 aromatic heterocycles. The molecule has 2 aromatic rings. The molecule has 0 saturated heterocycles. The molecule has 144 valence electrons. The number of hydrogen-bond donors (Lipinski definition) is 0. The van der Waals surface area contributed by atoms with Gasteiger partial charge in [-0.05, 0) is 54.2 Å². The first-order valence-electron chi connectivity index (χ1n) is 9.10. The van der Waals surface area contributed by atoms with Gasteiger partial charge in [0.05, 0.1) is 22.4 Å². The Bertz CT molecular complexity index is 958. The van der Waals surface area contributed by atoms with Crippen LogP contribution < -0.4 is 4.74 Å². The first-order valence-corrected chi connectivity index (χ1v) is 11.5. The van der Waals surface area contributed by atoms with Crippen molar-refractivity contribution in [2.75, 3.05) is 12.4 Å². The van der Waals surface area contributed by atoms with Crippen LogP contribution in [0.4, 0.5) is 0 Å². The first-order chi connectivity index (χ1) is 12.9. The van der Waals surface area contributed by atoms with Crippen LogP contribution in [0.15, 0.2) is 36.4 Å². The van der Waals surface area contributed by atoms with Crippen molar-refractivity contribution in [3.05, 3.63) is 63.1 Å². The summed E-state index contributed by atoms with van der Waals surface area (Å²) in [6.07, 6.45) is 3.22. The number of hydrogen-bond acceptors (Lipinski definition) is 3. The predicted molar refractivity (Wildman–Crippen MR) is 108 cm³/mol. The molecule has 0 unspecified atom stereocenters. The van der Waals surface area contributed by atoms with Crippen LogP contribution in [0.25, 0.3) is 0 Å². The molecule has 1 saturated carbocycles. The molecule has 1 heterocycles. The molecule has 0 atom stereocenters. The summed E-state index contributed by atoms with van der Waals surface area (Å²) in [6.45, 7) is 1.04. The predicted octanol–water partition coefficient (Wildman–Crippen LogP) is 4.47. The number of sulfonamides is 1. The Hall–Kier alpha value is -1.27. The Labute approximate surface area is 170 Å². The van der Waals surface area contributed by atoms with Crippen molar-refractivity contribution in [3.63, 3.8) is 0 Å². The minimum absolute atomic E-state index is 0.0953. The molecule has 0 radical (unpaired) electrons. The van der Waals surface area contributed by atoms with Gasteiger partial charge in [0.1, 0.15) is 5.75 Å². The summed E-state index contributed by atoms with van der Waals surface area (Å²) in [5, 5.41) is 0.921. The second-order valence-corrected chi connectivity index (χ2v) is 9.99. The van der Waals surface area contributed by atoms with E-state index in [4.69, 9.17) is 27.9 Å². The number of rotatable bonds is 7. The molecule has 1 fully saturated rings. The lowest BCUT2D eigenvalue weighted by atomic mass is 10.1. The van der Waals surface area contributed by atoms with Gasteiger partial charge in [-0.15, -0.1) is 0 Å². The highest BCUT2D eigenvalue weighted by atomic mass is 35.5. The van der Waals surface area contributed by atoms with E-state index >= 15 is 0 Å². The third-order valence-corrected chi connectivity index (χ3v) is 7.64. The molecule has 0 bridgehead atoms. The monoisotopic (exact) mass is 425 g/mol. The molecular formula is C20H21Cl2NO3S. The summed E-state index contributed by atoms with van der Waals surface area (Å²) in [5.74, 6) is 1.02. The van der Waals surface area contributed by atoms with Crippen molar-refractivity contribution < 1.29 is 13.2 Å². The summed E-state index contributed by atoms with van der Waals surface area (Å²) >= 11 is 12.1. The average molecular weight is 426 g/mol. The number of ether oxygens (including phenoxy) is 1. The minimum Gasteiger partial charge on any atom is -0.493 e. The van der Waals surface area contributed by atoms with E-state index in [0.717, 1.165) is 36.1 Å². The number of aryl methyl sites for hydroxylation is 1. The summed E-state index contributed by atoms with van der Waals surface area (Å²) in [7, 11) is -3.37. The van der Waals surface area contributed by atoms with Crippen LogP contribution in [0.1, 0.15) is 29.5 Å². The number of benzene rings is 2. The summed E-state index contributed by atoms with van der Waals surface area (Å²) < 4.78 is 33.2. The van der Waals surface area contributed by atoms with Crippen LogP contribution in [0, 0.1) is 0 Å². The third kappa shape index (κ3) is 4.43. The van der Waals surface area contributed by atoms with E-state index < -0.39 is 10.0 Å². The lowest BCUT2D eigenvalue weighted by molar-refractivity contribution is 0.357. The Kier molecular flexibility index (Phi) is 5.39. The second kappa shape index (κ2) is 7.63. The SMILES string of the molecule is O=S(=O)(CCc1ccc2c(c1)CCO2)N(Cc1ccc(Cl)c(Cl)c1)C1CC1. The molecule has 27 heavy (non-hydrogen) atoms. The fourth-order valence-corrected chi connectivity index (χ4v) is 5.45. The van der Waals surface area contributed by atoms with Crippen LogP contribution >= 0.6 is 23.2 Å². The first kappa shape index (κ1) is 19.1. The second-order valence-electron chi connectivity index (χ2n) is 7.13. The zero-order valence-corrected chi connectivity index (χ0v) is 17.2. The van der Waals surface area contributed by atoms with Crippen LogP contribution in [0.2, 0.25) is 10.0 Å². The molecule has 7 heteroatoms. The molecule has 0 amide bonds. The molecule has 4 rings (SSSR count). The average Bonchev–Trinajstić information content (AvgIpc) is 3.37. The van der Waals surface area contributed by atoms with Gasteiger partial charge in [0.15, 0.2) is 0 Å². The Morgan fingerprint density at radius 2 is 1.81 bits per heavy atom. The van der Waals surface area contributed by atoms with Crippen LogP contribution in [-0.2, 0) is 29.4 Å². The highest BCUT2D eigenvalue weighted by molar-refractivity contribution is 7.89. The number of halogens is 2. The van der Waals surface area contributed by atoms with Crippen molar-refractivity contribution in [1.29, 1.82) is 0 Å². The van der Waals surface area contributed by atoms with Crippen molar-refractivity contribution in [2.45, 2.75) is 38.3 Å². The molecule has 1 aliphatic heterocycles. The van der Waals surface area contributed by atoms with Gasteiger partial charge in [-0.2, -0.15) is 4.31 Å². The smallest absolute Gasteiger partial charge is 0.214 e. The van der Waals surface area contributed by atoms with Gasteiger partial charge >= 0.3 is 0 Å². The maximum Gasteiger partial charge on any atom is 0.214 e. The molecule has 4 nitrogen and oxygen atoms in total. The van der Waals surface area contributed by atoms with Crippen molar-refractivity contribution >= 4 is 33.2 Å². The number of fused-ring (bicyclic) bond motifs is 1. The van der Waals surface area contributed by atoms with Crippen LogP contribution in [0.5, 0.6) is 5.75 Å². The minimum atomic E-state index is -3.37. The molecular weight excluding hydrogens is 405 g/mol. The van der Waals surface area contributed by atoms with E-state index in [9.17, 15) is 8.42 Å². The molecule has 2 aliphatic rings. The quantitative estimate of drug-likeness (QED) is 0.657. The zero-order chi connectivity index (χ0) is 19.0. The van der Waals surface area contributed by atoms with Crippen LogP contribution in [0.3, 0.4) is 0 Å². The maximum absolute atomic E-state index is 13.0. The summed E-state index contributed by atoms with van der Waals surface area (Å²) in [4.78, 5) is 0. The van der Waals surface area contributed by atoms with Gasteiger partial charge in [0.25, 0.3) is 0 Å². The Morgan fingerprint density at radius 1 is 1.04 bits per heavy atom. The van der Waals surface area contributed by atoms with E-state index in [2.05, 4.69) is 6.07 Å². The standard InChI is InChI=1S/C20H21Cl2NO3S/c21-18-5-1-15(12-19(18)22)13-23(17-3-4-17)27(24,25)10-8-14-2-6-20-16(11-14)7-9-26-20/h1-2,5-6,11-12,17H,3-4,7-10,13H2. The number of nitrogens with zero attached hydrogens (tertiary/aromatic N) is 1. The lowest BCUT2D eigenvalue weighted by Crippen LogP contribution is -2.35. The zero-order valence-electron chi connectivity index (χ0n) is 14.8. The summed E-state index contributed by atoms with van der Waals surface area (Å²) in [5.41, 5.74) is 3.06. The largest absolute Gasteiger partial charge is 0.493 e. The Balaban J connectivity index is 1.47. The molecule has 1 aliphatic carbocycles. The lowest BCUT2D eigenvalue weighted by Gasteiger charge is -2.22. The Morgan fingerprint density at radius 3 is 2.56 bits per heavy atom. The third-order valence-electron chi connectivity index (χ3n) is 5.04. The van der Waals surface area contributed by atoms with Crippen LogP contribution in [-0.4, -0.2) is 31.1 Å². The summed E-state index contributed by atoms with van der Waals surface area (Å²) in [6, 6.07) is 11.4. The van der Waals surface area contributed by atoms with E-state index in [-0.39, 0.29) is 11.8 Å².